The second-order valence-electron chi connectivity index (χ2n) is 7.58. The Morgan fingerprint density at radius 1 is 1.22 bits per heavy atom. The van der Waals surface area contributed by atoms with Crippen LogP contribution in [0, 0.1) is 0 Å². The number of amides is 1. The number of pyridine rings is 1. The number of carboxylic acids is 1. The second-order valence-corrected chi connectivity index (χ2v) is 7.58. The molecule has 1 aliphatic rings. The highest BCUT2D eigenvalue weighted by Gasteiger charge is 2.31. The molecule has 1 aromatic heterocycles. The minimum absolute atomic E-state index is 0.110. The Morgan fingerprint density at radius 3 is 2.44 bits per heavy atom. The lowest BCUT2D eigenvalue weighted by Gasteiger charge is -2.24. The molecule has 1 heterocycles. The molecule has 1 amide bonds. The third-order valence-corrected chi connectivity index (χ3v) is 4.91. The van der Waals surface area contributed by atoms with E-state index in [1.807, 2.05) is 0 Å². The molecule has 0 saturated carbocycles. The molecule has 0 spiro atoms. The minimum atomic E-state index is -1.52. The molecule has 0 radical (unpaired) electrons. The average molecular weight is 380 g/mol. The Labute approximate surface area is 157 Å². The number of aryl methyl sites for hydroxylation is 1. The summed E-state index contributed by atoms with van der Waals surface area (Å²) in [4.78, 5) is 36.9. The lowest BCUT2D eigenvalue weighted by Crippen LogP contribution is -2.51. The van der Waals surface area contributed by atoms with Gasteiger partial charge in [-0.1, -0.05) is 12.8 Å². The van der Waals surface area contributed by atoms with Crippen LogP contribution >= 0.6 is 0 Å². The van der Waals surface area contributed by atoms with Gasteiger partial charge in [-0.05, 0) is 51.2 Å². The van der Waals surface area contributed by atoms with Crippen molar-refractivity contribution in [1.82, 2.24) is 9.88 Å². The number of hydrogen-bond donors (Lipinski definition) is 4. The number of carboxylic acid groups (broad SMARTS) is 1. The highest BCUT2D eigenvalue weighted by molar-refractivity contribution is 5.97. The molecule has 1 aromatic rings. The number of nitrogens with zero attached hydrogens (tertiary/aromatic N) is 1. The first kappa shape index (κ1) is 21.1. The van der Waals surface area contributed by atoms with Gasteiger partial charge in [0, 0.05) is 5.69 Å². The second kappa shape index (κ2) is 8.67. The summed E-state index contributed by atoms with van der Waals surface area (Å²) in [5.41, 5.74) is -0.614. The number of aliphatic hydroxyl groups excluding tert-OH is 2. The molecule has 0 bridgehead atoms. The summed E-state index contributed by atoms with van der Waals surface area (Å²) in [6.07, 6.45) is 4.18. The number of rotatable bonds is 6. The van der Waals surface area contributed by atoms with E-state index in [1.54, 1.807) is 6.07 Å². The van der Waals surface area contributed by atoms with Crippen LogP contribution in [0.5, 0.6) is 0 Å². The van der Waals surface area contributed by atoms with Crippen LogP contribution < -0.4 is 10.9 Å². The van der Waals surface area contributed by atoms with Crippen molar-refractivity contribution in [2.24, 2.45) is 0 Å². The Kier molecular flexibility index (Phi) is 6.78. The number of hydrogen-bond acceptors (Lipinski definition) is 5. The van der Waals surface area contributed by atoms with Crippen LogP contribution in [0.25, 0.3) is 0 Å². The van der Waals surface area contributed by atoms with Crippen molar-refractivity contribution in [3.8, 4) is 0 Å². The third-order valence-electron chi connectivity index (χ3n) is 4.91. The van der Waals surface area contributed by atoms with E-state index < -0.39 is 35.7 Å². The molecular weight excluding hydrogens is 352 g/mol. The summed E-state index contributed by atoms with van der Waals surface area (Å²) in [6, 6.07) is 1.55. The van der Waals surface area contributed by atoms with Crippen LogP contribution in [0.2, 0.25) is 0 Å². The molecule has 4 N–H and O–H groups in total. The molecule has 8 heteroatoms. The van der Waals surface area contributed by atoms with Crippen molar-refractivity contribution in [2.45, 2.75) is 70.6 Å². The number of fused-ring (bicyclic) bond motifs is 1. The average Bonchev–Trinajstić information content (AvgIpc) is 2.57. The summed E-state index contributed by atoms with van der Waals surface area (Å²) in [5, 5.41) is 30.6. The maximum absolute atomic E-state index is 12.9. The zero-order valence-electron chi connectivity index (χ0n) is 15.8. The van der Waals surface area contributed by atoms with Gasteiger partial charge in [-0.15, -0.1) is 0 Å². The van der Waals surface area contributed by atoms with Crippen LogP contribution in [0.4, 0.5) is 0 Å². The van der Waals surface area contributed by atoms with Gasteiger partial charge in [0.15, 0.2) is 0 Å². The zero-order valence-corrected chi connectivity index (χ0v) is 15.8. The maximum Gasteiger partial charge on any atom is 0.328 e. The van der Waals surface area contributed by atoms with Crippen LogP contribution in [0.1, 0.15) is 61.1 Å². The fourth-order valence-corrected chi connectivity index (χ4v) is 3.26. The Balaban J connectivity index is 2.53. The van der Waals surface area contributed by atoms with Crippen molar-refractivity contribution < 1.29 is 24.9 Å². The number of nitrogens with one attached hydrogen (secondary N) is 1. The van der Waals surface area contributed by atoms with Crippen molar-refractivity contribution in [2.75, 3.05) is 6.61 Å². The fourth-order valence-electron chi connectivity index (χ4n) is 3.26. The number of aliphatic carboxylic acids is 1. The summed E-state index contributed by atoms with van der Waals surface area (Å²) >= 11 is 0. The maximum atomic E-state index is 12.9. The van der Waals surface area contributed by atoms with Gasteiger partial charge in [0.25, 0.3) is 11.5 Å². The molecule has 1 aliphatic carbocycles. The molecule has 8 nitrogen and oxygen atoms in total. The van der Waals surface area contributed by atoms with Crippen LogP contribution in [0.15, 0.2) is 10.9 Å². The van der Waals surface area contributed by atoms with E-state index in [-0.39, 0.29) is 12.1 Å². The van der Waals surface area contributed by atoms with Crippen molar-refractivity contribution in [1.29, 1.82) is 0 Å². The number of aliphatic hydroxyl groups is 2. The molecule has 0 fully saturated rings. The van der Waals surface area contributed by atoms with E-state index in [0.29, 0.717) is 12.8 Å². The first-order valence-electron chi connectivity index (χ1n) is 9.27. The molecule has 27 heavy (non-hydrogen) atoms. The van der Waals surface area contributed by atoms with Gasteiger partial charge in [0.05, 0.1) is 19.3 Å². The van der Waals surface area contributed by atoms with E-state index in [0.717, 1.165) is 36.9 Å². The minimum Gasteiger partial charge on any atom is -0.480 e. The first-order valence-corrected chi connectivity index (χ1v) is 9.27. The van der Waals surface area contributed by atoms with Gasteiger partial charge in [-0.2, -0.15) is 0 Å². The van der Waals surface area contributed by atoms with E-state index in [4.69, 9.17) is 0 Å². The molecule has 150 valence electrons. The normalized spacial score (nSPS) is 16.0. The van der Waals surface area contributed by atoms with E-state index in [2.05, 4.69) is 5.32 Å². The monoisotopic (exact) mass is 380 g/mol. The van der Waals surface area contributed by atoms with Gasteiger partial charge in [-0.25, -0.2) is 4.79 Å². The number of carbonyl (C=O) groups is 2. The molecule has 1 unspecified atom stereocenters. The Hall–Kier alpha value is -2.19. The van der Waals surface area contributed by atoms with Gasteiger partial charge in [0.1, 0.15) is 11.1 Å². The molecular formula is C19H28N2O6. The first-order chi connectivity index (χ1) is 12.7. The van der Waals surface area contributed by atoms with E-state index >= 15 is 0 Å². The van der Waals surface area contributed by atoms with Crippen molar-refractivity contribution in [3.05, 3.63) is 33.2 Å². The smallest absolute Gasteiger partial charge is 0.328 e. The molecule has 0 aliphatic heterocycles. The predicted octanol–water partition coefficient (Wildman–Crippen LogP) is 0.453. The van der Waals surface area contributed by atoms with Gasteiger partial charge in [0.2, 0.25) is 0 Å². The van der Waals surface area contributed by atoms with Crippen molar-refractivity contribution in [3.63, 3.8) is 0 Å². The summed E-state index contributed by atoms with van der Waals surface area (Å²) in [6.45, 7) is 2.08. The van der Waals surface area contributed by atoms with Crippen LogP contribution in [-0.2, 0) is 24.2 Å². The number of aromatic nitrogens is 1. The number of carbonyl (C=O) groups excluding carboxylic acids is 1. The summed E-state index contributed by atoms with van der Waals surface area (Å²) < 4.78 is 1.37. The third kappa shape index (κ3) is 4.95. The SMILES string of the molecule is CC(C)(NC(=O)c1cc2c(n(CC(O)CO)c1=O)CCCCCC2)C(=O)O. The highest BCUT2D eigenvalue weighted by atomic mass is 16.4. The summed E-state index contributed by atoms with van der Waals surface area (Å²) in [5.74, 6) is -1.97. The largest absolute Gasteiger partial charge is 0.480 e. The van der Waals surface area contributed by atoms with Gasteiger partial charge >= 0.3 is 5.97 Å². The molecule has 2 rings (SSSR count). The topological polar surface area (TPSA) is 129 Å². The highest BCUT2D eigenvalue weighted by Crippen LogP contribution is 2.21. The Morgan fingerprint density at radius 2 is 1.85 bits per heavy atom. The fraction of sp³-hybridized carbons (Fsp3) is 0.632. The van der Waals surface area contributed by atoms with E-state index in [1.165, 1.54) is 18.4 Å². The lowest BCUT2D eigenvalue weighted by atomic mass is 9.95. The predicted molar refractivity (Wildman–Crippen MR) is 98.9 cm³/mol. The van der Waals surface area contributed by atoms with Crippen LogP contribution in [0.3, 0.4) is 0 Å². The molecule has 1 atom stereocenters. The molecule has 0 saturated heterocycles. The quantitative estimate of drug-likeness (QED) is 0.567. The summed E-state index contributed by atoms with van der Waals surface area (Å²) in [7, 11) is 0. The lowest BCUT2D eigenvalue weighted by molar-refractivity contribution is -0.143. The van der Waals surface area contributed by atoms with Gasteiger partial charge in [-0.3, -0.25) is 9.59 Å². The van der Waals surface area contributed by atoms with Crippen LogP contribution in [-0.4, -0.2) is 50.0 Å². The molecule has 0 aromatic carbocycles. The van der Waals surface area contributed by atoms with E-state index in [9.17, 15) is 29.7 Å². The van der Waals surface area contributed by atoms with Gasteiger partial charge < -0.3 is 25.2 Å². The standard InChI is InChI=1S/C19H28N2O6/c1-19(2,18(26)27)20-16(24)14-9-12-7-5-3-4-6-8-15(12)21(17(14)25)10-13(23)11-22/h9,13,22-23H,3-8,10-11H2,1-2H3,(H,20,24)(H,26,27). The van der Waals surface area contributed by atoms with Crippen molar-refractivity contribution >= 4 is 11.9 Å². The zero-order chi connectivity index (χ0) is 20.2. The Bertz CT molecular complexity index is 768.